The van der Waals surface area contributed by atoms with Gasteiger partial charge in [-0.1, -0.05) is 12.1 Å². The Balaban J connectivity index is 2.25. The molecule has 0 saturated heterocycles. The van der Waals surface area contributed by atoms with Crippen LogP contribution in [0.3, 0.4) is 0 Å². The van der Waals surface area contributed by atoms with Gasteiger partial charge in [-0.25, -0.2) is 0 Å². The van der Waals surface area contributed by atoms with E-state index in [2.05, 4.69) is 10.2 Å². The van der Waals surface area contributed by atoms with Crippen LogP contribution >= 0.6 is 0 Å². The van der Waals surface area contributed by atoms with Crippen molar-refractivity contribution in [3.63, 3.8) is 0 Å². The molecule has 1 heterocycles. The lowest BCUT2D eigenvalue weighted by Gasteiger charge is -2.11. The van der Waals surface area contributed by atoms with E-state index in [1.807, 2.05) is 0 Å². The van der Waals surface area contributed by atoms with E-state index in [-0.39, 0.29) is 0 Å². The molecule has 0 radical (unpaired) electrons. The monoisotopic (exact) mass is 241 g/mol. The Labute approximate surface area is 95.8 Å². The van der Waals surface area contributed by atoms with Crippen molar-refractivity contribution in [2.75, 3.05) is 0 Å². The molecular formula is C11H10F3N3. The number of benzene rings is 1. The summed E-state index contributed by atoms with van der Waals surface area (Å²) < 4.78 is 37.0. The largest absolute Gasteiger partial charge is 0.416 e. The van der Waals surface area contributed by atoms with Crippen molar-refractivity contribution in [1.82, 2.24) is 0 Å². The van der Waals surface area contributed by atoms with E-state index in [4.69, 9.17) is 5.73 Å². The van der Waals surface area contributed by atoms with Crippen molar-refractivity contribution in [1.29, 1.82) is 0 Å². The number of alkyl halides is 3. The average Bonchev–Trinajstić information content (AvgIpc) is 2.29. The molecule has 0 atom stereocenters. The molecule has 3 nitrogen and oxygen atoms in total. The molecule has 0 bridgehead atoms. The predicted molar refractivity (Wildman–Crippen MR) is 58.8 cm³/mol. The van der Waals surface area contributed by atoms with Gasteiger partial charge in [0, 0.05) is 6.42 Å². The van der Waals surface area contributed by atoms with Crippen molar-refractivity contribution < 1.29 is 13.2 Å². The molecular weight excluding hydrogens is 231 g/mol. The maximum absolute atomic E-state index is 12.3. The molecule has 0 aliphatic carbocycles. The van der Waals surface area contributed by atoms with Crippen LogP contribution < -0.4 is 5.73 Å². The Kier molecular flexibility index (Phi) is 2.87. The fourth-order valence-electron chi connectivity index (χ4n) is 1.52. The normalized spacial score (nSPS) is 16.4. The molecule has 1 aromatic rings. The molecule has 17 heavy (non-hydrogen) atoms. The number of rotatable bonds is 1. The number of nitrogens with two attached hydrogens (primary N) is 1. The van der Waals surface area contributed by atoms with Gasteiger partial charge in [-0.3, -0.25) is 0 Å². The first kappa shape index (κ1) is 11.6. The average molecular weight is 241 g/mol. The second-order valence-corrected chi connectivity index (χ2v) is 3.71. The first-order valence-electron chi connectivity index (χ1n) is 5.03. The maximum Gasteiger partial charge on any atom is 0.416 e. The van der Waals surface area contributed by atoms with Crippen LogP contribution in [0.15, 0.2) is 34.5 Å². The van der Waals surface area contributed by atoms with Crippen LogP contribution in [0.25, 0.3) is 0 Å². The van der Waals surface area contributed by atoms with E-state index in [1.165, 1.54) is 12.1 Å². The summed E-state index contributed by atoms with van der Waals surface area (Å²) >= 11 is 0. The van der Waals surface area contributed by atoms with E-state index in [9.17, 15) is 13.2 Å². The van der Waals surface area contributed by atoms with Crippen LogP contribution in [0.5, 0.6) is 0 Å². The molecule has 0 saturated carbocycles. The lowest BCUT2D eigenvalue weighted by molar-refractivity contribution is -0.137. The molecule has 0 aromatic heterocycles. The topological polar surface area (TPSA) is 50.7 Å². The van der Waals surface area contributed by atoms with E-state index < -0.39 is 11.7 Å². The van der Waals surface area contributed by atoms with Crippen LogP contribution in [0.1, 0.15) is 24.0 Å². The zero-order chi connectivity index (χ0) is 12.5. The van der Waals surface area contributed by atoms with E-state index in [1.54, 1.807) is 0 Å². The van der Waals surface area contributed by atoms with Crippen LogP contribution in [0, 0.1) is 0 Å². The number of amidine groups is 1. The van der Waals surface area contributed by atoms with Gasteiger partial charge in [0.15, 0.2) is 0 Å². The Hall–Kier alpha value is -1.85. The molecule has 1 aliphatic heterocycles. The number of nitrogens with zero attached hydrogens (tertiary/aromatic N) is 2. The second-order valence-electron chi connectivity index (χ2n) is 3.71. The Morgan fingerprint density at radius 2 is 1.65 bits per heavy atom. The third-order valence-corrected chi connectivity index (χ3v) is 2.46. The summed E-state index contributed by atoms with van der Waals surface area (Å²) in [4.78, 5) is 0. The Morgan fingerprint density at radius 3 is 2.12 bits per heavy atom. The van der Waals surface area contributed by atoms with Gasteiger partial charge >= 0.3 is 6.18 Å². The highest BCUT2D eigenvalue weighted by molar-refractivity contribution is 6.04. The quantitative estimate of drug-likeness (QED) is 0.807. The van der Waals surface area contributed by atoms with E-state index in [0.717, 1.165) is 12.1 Å². The molecule has 1 aromatic carbocycles. The molecule has 0 amide bonds. The smallest absolute Gasteiger partial charge is 0.386 e. The van der Waals surface area contributed by atoms with Crippen molar-refractivity contribution in [3.8, 4) is 0 Å². The first-order chi connectivity index (χ1) is 7.97. The molecule has 0 spiro atoms. The lowest BCUT2D eigenvalue weighted by atomic mass is 10.0. The summed E-state index contributed by atoms with van der Waals surface area (Å²) in [7, 11) is 0. The molecule has 2 rings (SSSR count). The van der Waals surface area contributed by atoms with Gasteiger partial charge in [0.05, 0.1) is 11.3 Å². The second kappa shape index (κ2) is 4.20. The van der Waals surface area contributed by atoms with Crippen molar-refractivity contribution in [2.24, 2.45) is 15.9 Å². The number of hydrogen-bond donors (Lipinski definition) is 1. The fourth-order valence-corrected chi connectivity index (χ4v) is 1.52. The molecule has 0 fully saturated rings. The summed E-state index contributed by atoms with van der Waals surface area (Å²) in [6, 6.07) is 4.89. The highest BCUT2D eigenvalue weighted by atomic mass is 19.4. The number of halogens is 3. The molecule has 2 N–H and O–H groups in total. The Morgan fingerprint density at radius 1 is 1.00 bits per heavy atom. The van der Waals surface area contributed by atoms with Crippen molar-refractivity contribution in [2.45, 2.75) is 19.0 Å². The van der Waals surface area contributed by atoms with Gasteiger partial charge < -0.3 is 5.73 Å². The summed E-state index contributed by atoms with van der Waals surface area (Å²) in [6.45, 7) is 0. The first-order valence-corrected chi connectivity index (χ1v) is 5.03. The highest BCUT2D eigenvalue weighted by Gasteiger charge is 2.30. The minimum absolute atomic E-state index is 0.445. The van der Waals surface area contributed by atoms with E-state index in [0.29, 0.717) is 30.0 Å². The van der Waals surface area contributed by atoms with Gasteiger partial charge in [-0.2, -0.15) is 18.3 Å². The van der Waals surface area contributed by atoms with Crippen LogP contribution in [0.4, 0.5) is 13.2 Å². The minimum atomic E-state index is -4.31. The summed E-state index contributed by atoms with van der Waals surface area (Å²) in [5.41, 5.74) is 6.09. The van der Waals surface area contributed by atoms with Crippen LogP contribution in [-0.2, 0) is 6.18 Å². The van der Waals surface area contributed by atoms with Crippen LogP contribution in [-0.4, -0.2) is 11.5 Å². The number of hydrogen-bond acceptors (Lipinski definition) is 3. The van der Waals surface area contributed by atoms with E-state index >= 15 is 0 Å². The third kappa shape index (κ3) is 2.64. The highest BCUT2D eigenvalue weighted by Crippen LogP contribution is 2.29. The van der Waals surface area contributed by atoms with Gasteiger partial charge in [0.2, 0.25) is 0 Å². The minimum Gasteiger partial charge on any atom is -0.386 e. The standard InChI is InChI=1S/C11H10F3N3/c12-11(13,14)8-3-1-7(2-4-8)9-5-6-10(15)17-16-9/h1-4H,5-6H2,(H2,15,17). The third-order valence-electron chi connectivity index (χ3n) is 2.46. The maximum atomic E-state index is 12.3. The summed E-state index contributed by atoms with van der Waals surface area (Å²) in [5, 5.41) is 7.59. The zero-order valence-corrected chi connectivity index (χ0v) is 8.83. The zero-order valence-electron chi connectivity index (χ0n) is 8.83. The van der Waals surface area contributed by atoms with Crippen LogP contribution in [0.2, 0.25) is 0 Å². The van der Waals surface area contributed by atoms with Gasteiger partial charge in [-0.05, 0) is 24.1 Å². The molecule has 90 valence electrons. The SMILES string of the molecule is NC1=NN=C(c2ccc(C(F)(F)F)cc2)CC1. The summed E-state index contributed by atoms with van der Waals surface area (Å²) in [5.74, 6) is 0.445. The summed E-state index contributed by atoms with van der Waals surface area (Å²) in [6.07, 6.45) is -3.13. The van der Waals surface area contributed by atoms with Gasteiger partial charge in [0.1, 0.15) is 5.84 Å². The predicted octanol–water partition coefficient (Wildman–Crippen LogP) is 2.56. The van der Waals surface area contributed by atoms with Crippen molar-refractivity contribution in [3.05, 3.63) is 35.4 Å². The lowest BCUT2D eigenvalue weighted by Crippen LogP contribution is -2.17. The fraction of sp³-hybridized carbons (Fsp3) is 0.273. The van der Waals surface area contributed by atoms with Gasteiger partial charge in [0.25, 0.3) is 0 Å². The van der Waals surface area contributed by atoms with Gasteiger partial charge in [-0.15, -0.1) is 5.10 Å². The molecule has 0 unspecified atom stereocenters. The Bertz CT molecular complexity index is 472. The molecule has 6 heteroatoms. The molecule has 1 aliphatic rings. The van der Waals surface area contributed by atoms with Crippen molar-refractivity contribution >= 4 is 11.5 Å².